The minimum Gasteiger partial charge on any atom is -0.393 e. The van der Waals surface area contributed by atoms with Crippen molar-refractivity contribution in [1.82, 2.24) is 0 Å². The zero-order valence-electron chi connectivity index (χ0n) is 7.88. The summed E-state index contributed by atoms with van der Waals surface area (Å²) in [4.78, 5) is 0. The molecule has 0 aromatic heterocycles. The summed E-state index contributed by atoms with van der Waals surface area (Å²) in [5, 5.41) is 9.51. The number of rotatable bonds is 4. The van der Waals surface area contributed by atoms with Crippen LogP contribution in [0.15, 0.2) is 0 Å². The van der Waals surface area contributed by atoms with E-state index in [0.717, 1.165) is 12.8 Å². The van der Waals surface area contributed by atoms with Crippen LogP contribution in [0.3, 0.4) is 0 Å². The molecule has 1 aliphatic rings. The first-order valence-electron chi connectivity index (χ1n) is 4.62. The third-order valence-electron chi connectivity index (χ3n) is 2.13. The van der Waals surface area contributed by atoms with E-state index in [4.69, 9.17) is 9.47 Å². The van der Waals surface area contributed by atoms with Crippen molar-refractivity contribution in [2.75, 3.05) is 13.2 Å². The predicted molar refractivity (Wildman–Crippen MR) is 45.8 cm³/mol. The minimum atomic E-state index is -0.533. The smallest absolute Gasteiger partial charge is 0.168 e. The molecule has 3 heteroatoms. The number of hydrogen-bond donors (Lipinski definition) is 1. The van der Waals surface area contributed by atoms with Gasteiger partial charge in [0, 0.05) is 6.42 Å². The molecule has 1 heterocycles. The Balaban J connectivity index is 2.28. The molecule has 0 spiro atoms. The van der Waals surface area contributed by atoms with Gasteiger partial charge in [0.1, 0.15) is 0 Å². The van der Waals surface area contributed by atoms with E-state index < -0.39 is 5.79 Å². The lowest BCUT2D eigenvalue weighted by molar-refractivity contribution is -0.163. The molecule has 1 aliphatic heterocycles. The zero-order valence-corrected chi connectivity index (χ0v) is 7.88. The van der Waals surface area contributed by atoms with Crippen LogP contribution in [0.4, 0.5) is 0 Å². The van der Waals surface area contributed by atoms with Gasteiger partial charge < -0.3 is 14.6 Å². The third kappa shape index (κ3) is 2.73. The van der Waals surface area contributed by atoms with Crippen LogP contribution in [0, 0.1) is 0 Å². The molecule has 1 N–H and O–H groups in total. The van der Waals surface area contributed by atoms with Gasteiger partial charge in [-0.25, -0.2) is 0 Å². The monoisotopic (exact) mass is 174 g/mol. The summed E-state index contributed by atoms with van der Waals surface area (Å²) in [5.74, 6) is -0.533. The van der Waals surface area contributed by atoms with E-state index >= 15 is 0 Å². The van der Waals surface area contributed by atoms with Crippen LogP contribution in [-0.2, 0) is 9.47 Å². The molecule has 12 heavy (non-hydrogen) atoms. The molecule has 0 aromatic rings. The Labute approximate surface area is 73.7 Å². The lowest BCUT2D eigenvalue weighted by Gasteiger charge is -2.24. The highest BCUT2D eigenvalue weighted by atomic mass is 16.7. The van der Waals surface area contributed by atoms with Crippen molar-refractivity contribution in [3.63, 3.8) is 0 Å². The topological polar surface area (TPSA) is 38.7 Å². The van der Waals surface area contributed by atoms with Gasteiger partial charge in [0.2, 0.25) is 0 Å². The van der Waals surface area contributed by atoms with Gasteiger partial charge in [-0.05, 0) is 13.3 Å². The van der Waals surface area contributed by atoms with Gasteiger partial charge >= 0.3 is 0 Å². The molecule has 72 valence electrons. The summed E-state index contributed by atoms with van der Waals surface area (Å²) in [5.41, 5.74) is 0. The van der Waals surface area contributed by atoms with Gasteiger partial charge in [0.05, 0.1) is 19.3 Å². The fourth-order valence-electron chi connectivity index (χ4n) is 1.54. The van der Waals surface area contributed by atoms with Crippen molar-refractivity contribution in [3.05, 3.63) is 0 Å². The van der Waals surface area contributed by atoms with E-state index in [9.17, 15) is 5.11 Å². The molecule has 0 aromatic carbocycles. The molecule has 0 amide bonds. The fourth-order valence-corrected chi connectivity index (χ4v) is 1.54. The Morgan fingerprint density at radius 1 is 1.42 bits per heavy atom. The van der Waals surface area contributed by atoms with Crippen LogP contribution < -0.4 is 0 Å². The van der Waals surface area contributed by atoms with Crippen LogP contribution in [0.1, 0.15) is 33.1 Å². The highest BCUT2D eigenvalue weighted by Gasteiger charge is 2.32. The Morgan fingerprint density at radius 3 is 2.50 bits per heavy atom. The van der Waals surface area contributed by atoms with Crippen LogP contribution >= 0.6 is 0 Å². The normalized spacial score (nSPS) is 24.2. The fraction of sp³-hybridized carbons (Fsp3) is 1.00. The molecule has 1 atom stereocenters. The third-order valence-corrected chi connectivity index (χ3v) is 2.13. The Morgan fingerprint density at radius 2 is 2.00 bits per heavy atom. The van der Waals surface area contributed by atoms with Crippen LogP contribution in [0.5, 0.6) is 0 Å². The van der Waals surface area contributed by atoms with E-state index in [1.807, 2.05) is 6.92 Å². The van der Waals surface area contributed by atoms with Gasteiger partial charge in [0.25, 0.3) is 0 Å². The Hall–Kier alpha value is -0.120. The second-order valence-corrected chi connectivity index (χ2v) is 3.48. The van der Waals surface area contributed by atoms with Crippen LogP contribution in [0.25, 0.3) is 0 Å². The standard InChI is InChI=1S/C9H18O3/c1-3-4-8(10)7-9(2)11-5-6-12-9/h8,10H,3-7H2,1-2H3. The molecular formula is C9H18O3. The number of aliphatic hydroxyl groups excluding tert-OH is 1. The maximum absolute atomic E-state index is 9.51. The van der Waals surface area contributed by atoms with Gasteiger partial charge in [-0.2, -0.15) is 0 Å². The van der Waals surface area contributed by atoms with E-state index in [-0.39, 0.29) is 6.10 Å². The quantitative estimate of drug-likeness (QED) is 0.698. The second-order valence-electron chi connectivity index (χ2n) is 3.48. The van der Waals surface area contributed by atoms with Crippen molar-refractivity contribution in [2.45, 2.75) is 45.0 Å². The highest BCUT2D eigenvalue weighted by molar-refractivity contribution is 4.72. The molecule has 0 radical (unpaired) electrons. The summed E-state index contributed by atoms with van der Waals surface area (Å²) in [6, 6.07) is 0. The summed E-state index contributed by atoms with van der Waals surface area (Å²) in [6.45, 7) is 5.24. The van der Waals surface area contributed by atoms with Crippen LogP contribution in [0.2, 0.25) is 0 Å². The average molecular weight is 174 g/mol. The lowest BCUT2D eigenvalue weighted by Crippen LogP contribution is -2.31. The molecule has 0 saturated carbocycles. The van der Waals surface area contributed by atoms with Gasteiger partial charge in [-0.3, -0.25) is 0 Å². The minimum absolute atomic E-state index is 0.293. The number of aliphatic hydroxyl groups is 1. The van der Waals surface area contributed by atoms with Crippen molar-refractivity contribution >= 4 is 0 Å². The van der Waals surface area contributed by atoms with Gasteiger partial charge in [0.15, 0.2) is 5.79 Å². The molecule has 1 fully saturated rings. The molecule has 0 aliphatic carbocycles. The summed E-state index contributed by atoms with van der Waals surface area (Å²) in [7, 11) is 0. The summed E-state index contributed by atoms with van der Waals surface area (Å²) < 4.78 is 10.8. The zero-order chi connectivity index (χ0) is 9.03. The molecule has 3 nitrogen and oxygen atoms in total. The van der Waals surface area contributed by atoms with E-state index in [2.05, 4.69) is 6.92 Å². The van der Waals surface area contributed by atoms with Crippen molar-refractivity contribution in [3.8, 4) is 0 Å². The highest BCUT2D eigenvalue weighted by Crippen LogP contribution is 2.25. The molecule has 1 saturated heterocycles. The van der Waals surface area contributed by atoms with Crippen molar-refractivity contribution < 1.29 is 14.6 Å². The van der Waals surface area contributed by atoms with Crippen LogP contribution in [-0.4, -0.2) is 30.2 Å². The van der Waals surface area contributed by atoms with E-state index in [1.165, 1.54) is 0 Å². The predicted octanol–water partition coefficient (Wildman–Crippen LogP) is 1.30. The maximum atomic E-state index is 9.51. The number of hydrogen-bond acceptors (Lipinski definition) is 3. The second kappa shape index (κ2) is 4.21. The molecule has 0 bridgehead atoms. The maximum Gasteiger partial charge on any atom is 0.168 e. The van der Waals surface area contributed by atoms with Gasteiger partial charge in [-0.15, -0.1) is 0 Å². The Kier molecular flexibility index (Phi) is 3.50. The van der Waals surface area contributed by atoms with E-state index in [1.54, 1.807) is 0 Å². The first-order chi connectivity index (χ1) is 5.66. The van der Waals surface area contributed by atoms with Gasteiger partial charge in [-0.1, -0.05) is 13.3 Å². The number of ether oxygens (including phenoxy) is 2. The summed E-state index contributed by atoms with van der Waals surface area (Å²) in [6.07, 6.45) is 2.11. The van der Waals surface area contributed by atoms with E-state index in [0.29, 0.717) is 19.6 Å². The lowest BCUT2D eigenvalue weighted by atomic mass is 10.1. The first kappa shape index (κ1) is 9.96. The van der Waals surface area contributed by atoms with Crippen molar-refractivity contribution in [2.24, 2.45) is 0 Å². The SMILES string of the molecule is CCCC(O)CC1(C)OCCO1. The van der Waals surface area contributed by atoms with Crippen molar-refractivity contribution in [1.29, 1.82) is 0 Å². The first-order valence-corrected chi connectivity index (χ1v) is 4.62. The molecule has 1 rings (SSSR count). The average Bonchev–Trinajstić information content (AvgIpc) is 2.36. The Bertz CT molecular complexity index is 130. The molecule has 1 unspecified atom stereocenters. The molecular weight excluding hydrogens is 156 g/mol. The largest absolute Gasteiger partial charge is 0.393 e. The summed E-state index contributed by atoms with van der Waals surface area (Å²) >= 11 is 0.